The van der Waals surface area contributed by atoms with Gasteiger partial charge in [-0.1, -0.05) is 160 Å². The first-order chi connectivity index (χ1) is 37.4. The summed E-state index contributed by atoms with van der Waals surface area (Å²) in [5, 5.41) is 0. The van der Waals surface area contributed by atoms with Crippen LogP contribution in [0.2, 0.25) is 0 Å². The van der Waals surface area contributed by atoms with E-state index in [1.807, 2.05) is 0 Å². The molecule has 0 aliphatic rings. The fraction of sp³-hybridized carbons (Fsp3) is 0.194. The van der Waals surface area contributed by atoms with E-state index < -0.39 is 39.0 Å². The molecule has 1 atom stereocenters. The molecule has 428 valence electrons. The molecule has 8 aromatic carbocycles. The van der Waals surface area contributed by atoms with Crippen LogP contribution in [0.4, 0.5) is 67.9 Å². The van der Waals surface area contributed by atoms with Gasteiger partial charge in [-0.15, -0.1) is 0 Å². The molecule has 0 saturated heterocycles. The molecule has 0 aromatic heterocycles. The van der Waals surface area contributed by atoms with Crippen molar-refractivity contribution in [2.75, 3.05) is 21.8 Å². The molecule has 8 aromatic rings. The van der Waals surface area contributed by atoms with Crippen molar-refractivity contribution in [2.24, 2.45) is 0 Å². The van der Waals surface area contributed by atoms with Crippen molar-refractivity contribution < 1.29 is 33.8 Å². The summed E-state index contributed by atoms with van der Waals surface area (Å²) in [6.07, 6.45) is 14.9. The number of anilines is 6. The van der Waals surface area contributed by atoms with E-state index in [1.54, 1.807) is 0 Å². The molecule has 0 bridgehead atoms. The van der Waals surface area contributed by atoms with Crippen LogP contribution in [0.5, 0.6) is 0 Å². The Morgan fingerprint density at radius 2 is 0.750 bits per heavy atom. The minimum atomic E-state index is -11.2. The normalized spacial score (nSPS) is 13.7. The summed E-state index contributed by atoms with van der Waals surface area (Å²) >= 11 is -21.2. The molecule has 2 nitrogen and oxygen atoms in total. The monoisotopic (exact) mass is 1370 g/mol. The molecule has 0 aliphatic heterocycles. The van der Waals surface area contributed by atoms with Crippen molar-refractivity contribution in [1.82, 2.24) is 0 Å². The van der Waals surface area contributed by atoms with E-state index in [-0.39, 0.29) is 10.9 Å². The number of nitrogens with zero attached hydrogens (tertiary/aromatic N) is 2. The summed E-state index contributed by atoms with van der Waals surface area (Å²) in [7, 11) is 0.0707. The number of benzene rings is 8. The van der Waals surface area contributed by atoms with Gasteiger partial charge in [-0.05, 0) is 126 Å². The van der Waals surface area contributed by atoms with Gasteiger partial charge < -0.3 is 9.80 Å². The van der Waals surface area contributed by atoms with E-state index in [1.165, 1.54) is 92.2 Å². The molecule has 0 heterocycles. The Kier molecular flexibility index (Phi) is 20.9. The number of unbranched alkanes of at least 4 members (excludes halogenated alkanes) is 2. The summed E-state index contributed by atoms with van der Waals surface area (Å²) in [5.74, 6) is 2.13. The molecule has 0 aliphatic carbocycles. The third kappa shape index (κ3) is 25.2. The van der Waals surface area contributed by atoms with Crippen LogP contribution >= 0.6 is 0 Å². The van der Waals surface area contributed by atoms with Crippen molar-refractivity contribution in [3.8, 4) is 0 Å². The van der Waals surface area contributed by atoms with Crippen molar-refractivity contribution in [1.29, 1.82) is 0 Å². The van der Waals surface area contributed by atoms with Gasteiger partial charge >= 0.3 is 72.7 Å². The SMILES string of the molecule is CCCCc1ccc(N(c2ccc(/C=C/c3ccc(N(c4ccc(CCCC)cc4)c4cccc([S+](C)Cc5ccccc5)c4)cc3)cc2)c2cccc([SH+]CCc3ccccc3)c2)cc1.[F][Sb-]([F])([F])([F])([F])[F].[F][Sb-]([F])([F])([F])([F])[F]. The van der Waals surface area contributed by atoms with Gasteiger partial charge in [0.2, 0.25) is 0 Å². The van der Waals surface area contributed by atoms with Gasteiger partial charge in [-0.3, -0.25) is 0 Å². The first kappa shape index (κ1) is 63.8. The van der Waals surface area contributed by atoms with Crippen LogP contribution < -0.4 is 9.80 Å². The van der Waals surface area contributed by atoms with Crippen LogP contribution in [-0.2, 0) is 47.7 Å². The summed E-state index contributed by atoms with van der Waals surface area (Å²) in [6, 6.07) is 76.3. The second-order valence-electron chi connectivity index (χ2n) is 19.0. The zero-order valence-corrected chi connectivity index (χ0v) is 51.1. The Balaban J connectivity index is 0.000000653. The van der Waals surface area contributed by atoms with Crippen molar-refractivity contribution >= 4 is 108 Å². The van der Waals surface area contributed by atoms with E-state index in [2.05, 4.69) is 248 Å². The Morgan fingerprint density at radius 1 is 0.388 bits per heavy atom. The Bertz CT molecular complexity index is 3170. The predicted molar refractivity (Wildman–Crippen MR) is 317 cm³/mol. The van der Waals surface area contributed by atoms with E-state index >= 15 is 0 Å². The molecule has 80 heavy (non-hydrogen) atoms. The van der Waals surface area contributed by atoms with Crippen LogP contribution in [0.25, 0.3) is 12.2 Å². The molecule has 1 unspecified atom stereocenters. The van der Waals surface area contributed by atoms with Crippen LogP contribution in [0, 0.1) is 0 Å². The number of aryl methyl sites for hydroxylation is 3. The van der Waals surface area contributed by atoms with Gasteiger partial charge in [0.25, 0.3) is 0 Å². The van der Waals surface area contributed by atoms with Crippen molar-refractivity contribution in [2.45, 2.75) is 74.3 Å². The fourth-order valence-corrected chi connectivity index (χ4v) is 10.9. The zero-order chi connectivity index (χ0) is 58.2. The standard InChI is InChI=1S/C62H63N2S2.12FH.2Sb/c1-4-6-16-50-28-36-55(37-29-50)63(59-22-14-24-61(46-59)65-45-44-49-18-10-8-11-19-49)56-40-32-52(33-41-56)26-27-53-34-42-58(43-35-53)64(57-38-30-51(31-39-57)17-7-5-2)60-23-15-25-62(47-60)66(3)48-54-20-12-9-13-21-54;;;;;;;;;;;;;;/h8-15,18-43,46-47H,4-7,16-17,44-45,48H2,1-3H3;12*1H;;/q+1;;;;;;;;;;;;;2*+5/p-11/b27-26+;;;;;;;;;;;;;;. The molecule has 18 heteroatoms. The molecular formula is C62H64F12N2S2Sb2. The summed E-state index contributed by atoms with van der Waals surface area (Å²) in [4.78, 5) is 7.52. The molecule has 0 N–H and O–H groups in total. The fourth-order valence-electron chi connectivity index (χ4n) is 8.38. The number of halogens is 12. The number of hydrogen-bond acceptors (Lipinski definition) is 2. The second kappa shape index (κ2) is 26.2. The Morgan fingerprint density at radius 3 is 1.16 bits per heavy atom. The molecule has 8 rings (SSSR count). The number of hydrogen-bond donors (Lipinski definition) is 0. The quantitative estimate of drug-likeness (QED) is 0.0233. The number of thiol groups is 1. The number of rotatable bonds is 21. The van der Waals surface area contributed by atoms with E-state index in [0.717, 1.165) is 53.3 Å². The minimum absolute atomic E-state index is 0.0707. The average molecular weight is 1370 g/mol. The Labute approximate surface area is 473 Å². The summed E-state index contributed by atoms with van der Waals surface area (Å²) in [6.45, 7) is 4.52. The first-order valence-electron chi connectivity index (χ1n) is 25.8. The second-order valence-corrected chi connectivity index (χ2v) is 33.3. The van der Waals surface area contributed by atoms with Gasteiger partial charge in [0.15, 0.2) is 9.79 Å². The molecule has 0 radical (unpaired) electrons. The van der Waals surface area contributed by atoms with E-state index in [9.17, 15) is 33.8 Å². The van der Waals surface area contributed by atoms with Crippen molar-refractivity contribution in [3.63, 3.8) is 0 Å². The first-order valence-corrected chi connectivity index (χ1v) is 40.3. The summed E-state index contributed by atoms with van der Waals surface area (Å²) < 4.78 is 119. The van der Waals surface area contributed by atoms with Crippen LogP contribution in [0.15, 0.2) is 216 Å². The van der Waals surface area contributed by atoms with Gasteiger partial charge in [0, 0.05) is 69.5 Å². The van der Waals surface area contributed by atoms with Gasteiger partial charge in [0.05, 0.1) is 11.4 Å². The third-order valence-corrected chi connectivity index (χ3v) is 15.0. The maximum atomic E-state index is 9.93. The third-order valence-electron chi connectivity index (χ3n) is 12.1. The molecule has 0 saturated carbocycles. The topological polar surface area (TPSA) is 6.48 Å². The molecule has 0 amide bonds. The Hall–Kier alpha value is -5.40. The van der Waals surface area contributed by atoms with Crippen molar-refractivity contribution in [3.05, 3.63) is 240 Å². The zero-order valence-electron chi connectivity index (χ0n) is 44.3. The van der Waals surface area contributed by atoms with Gasteiger partial charge in [-0.2, -0.15) is 0 Å². The van der Waals surface area contributed by atoms with Crippen LogP contribution in [0.3, 0.4) is 0 Å². The van der Waals surface area contributed by atoms with Crippen LogP contribution in [-0.4, -0.2) is 51.0 Å². The maximum absolute atomic E-state index is 11.2. The molecular weight excluding hydrogens is 1310 g/mol. The van der Waals surface area contributed by atoms with Gasteiger partial charge in [-0.25, -0.2) is 0 Å². The summed E-state index contributed by atoms with van der Waals surface area (Å²) in [5.41, 5.74) is 14.9. The van der Waals surface area contributed by atoms with E-state index in [0.29, 0.717) is 0 Å². The average Bonchev–Trinajstić information content (AvgIpc) is 3.50. The van der Waals surface area contributed by atoms with Crippen LogP contribution in [0.1, 0.15) is 72.9 Å². The van der Waals surface area contributed by atoms with Gasteiger partial charge in [0.1, 0.15) is 17.8 Å². The molecule has 0 fully saturated rings. The van der Waals surface area contributed by atoms with E-state index in [4.69, 9.17) is 0 Å². The predicted octanol–water partition coefficient (Wildman–Crippen LogP) is 21.0. The molecule has 0 spiro atoms.